The van der Waals surface area contributed by atoms with Crippen molar-refractivity contribution in [2.45, 2.75) is 33.2 Å². The molecule has 7 nitrogen and oxygen atoms in total. The topological polar surface area (TPSA) is 79.0 Å². The summed E-state index contributed by atoms with van der Waals surface area (Å²) in [6, 6.07) is -0.382. The predicted octanol–water partition coefficient (Wildman–Crippen LogP) is 0.202. The zero-order valence-corrected chi connectivity index (χ0v) is 12.6. The van der Waals surface area contributed by atoms with Crippen LogP contribution in [-0.2, 0) is 14.3 Å². The van der Waals surface area contributed by atoms with E-state index < -0.39 is 5.54 Å². The van der Waals surface area contributed by atoms with Gasteiger partial charge in [0.2, 0.25) is 0 Å². The van der Waals surface area contributed by atoms with Crippen LogP contribution in [0.2, 0.25) is 0 Å². The van der Waals surface area contributed by atoms with Crippen LogP contribution in [0.1, 0.15) is 27.7 Å². The van der Waals surface area contributed by atoms with E-state index in [0.29, 0.717) is 19.7 Å². The van der Waals surface area contributed by atoms with Crippen LogP contribution in [0.3, 0.4) is 0 Å². The largest absolute Gasteiger partial charge is 0.465 e. The third-order valence-corrected chi connectivity index (χ3v) is 3.19. The summed E-state index contributed by atoms with van der Waals surface area (Å²) in [5.74, 6) is -0.540. The first kappa shape index (κ1) is 16.4. The van der Waals surface area contributed by atoms with Gasteiger partial charge >= 0.3 is 12.0 Å². The van der Waals surface area contributed by atoms with E-state index in [9.17, 15) is 14.4 Å². The number of ether oxygens (including phenoxy) is 1. The Morgan fingerprint density at radius 1 is 1.35 bits per heavy atom. The number of carbonyl (C=O) groups excluding carboxylic acids is 3. The van der Waals surface area contributed by atoms with Gasteiger partial charge < -0.3 is 10.1 Å². The van der Waals surface area contributed by atoms with Crippen LogP contribution in [0.15, 0.2) is 0 Å². The highest BCUT2D eigenvalue weighted by Crippen LogP contribution is 2.16. The van der Waals surface area contributed by atoms with Crippen LogP contribution in [-0.4, -0.2) is 66.0 Å². The molecule has 0 aromatic rings. The molecule has 1 aliphatic heterocycles. The van der Waals surface area contributed by atoms with Crippen molar-refractivity contribution in [2.24, 2.45) is 0 Å². The summed E-state index contributed by atoms with van der Waals surface area (Å²) in [5.41, 5.74) is -0.852. The molecule has 0 aromatic heterocycles. The molecule has 20 heavy (non-hydrogen) atoms. The lowest BCUT2D eigenvalue weighted by atomic mass is 10.1. The minimum Gasteiger partial charge on any atom is -0.465 e. The Morgan fingerprint density at radius 2 is 2.00 bits per heavy atom. The maximum Gasteiger partial charge on any atom is 0.325 e. The first-order valence-corrected chi connectivity index (χ1v) is 6.84. The summed E-state index contributed by atoms with van der Waals surface area (Å²) in [6.45, 7) is 8.87. The molecule has 7 heteroatoms. The number of carbonyl (C=O) groups is 3. The first-order chi connectivity index (χ1) is 9.31. The Kier molecular flexibility index (Phi) is 5.50. The molecule has 0 aromatic carbocycles. The third kappa shape index (κ3) is 3.93. The van der Waals surface area contributed by atoms with E-state index in [0.717, 1.165) is 0 Å². The number of urea groups is 1. The lowest BCUT2D eigenvalue weighted by molar-refractivity contribution is -0.144. The van der Waals surface area contributed by atoms with Crippen molar-refractivity contribution in [3.05, 3.63) is 0 Å². The molecule has 1 fully saturated rings. The number of likely N-dealkylation sites (N-methyl/N-ethyl adjacent to an activating group) is 1. The molecule has 1 rings (SSSR count). The van der Waals surface area contributed by atoms with E-state index >= 15 is 0 Å². The SMILES string of the molecule is CCOC(=O)CN(CC)CCN1C(=O)NC(C)(C)C1=O. The maximum absolute atomic E-state index is 12.0. The molecule has 3 amide bonds. The summed E-state index contributed by atoms with van der Waals surface area (Å²) in [4.78, 5) is 38.1. The number of hydrogen-bond donors (Lipinski definition) is 1. The fraction of sp³-hybridized carbons (Fsp3) is 0.769. The summed E-state index contributed by atoms with van der Waals surface area (Å²) in [5, 5.41) is 2.62. The number of imide groups is 1. The molecule has 114 valence electrons. The second kappa shape index (κ2) is 6.69. The Labute approximate surface area is 119 Å². The van der Waals surface area contributed by atoms with E-state index in [4.69, 9.17) is 4.74 Å². The van der Waals surface area contributed by atoms with E-state index in [1.807, 2.05) is 11.8 Å². The Balaban J connectivity index is 2.50. The second-order valence-corrected chi connectivity index (χ2v) is 5.19. The molecule has 0 spiro atoms. The highest BCUT2D eigenvalue weighted by Gasteiger charge is 2.43. The molecular weight excluding hydrogens is 262 g/mol. The molecule has 1 heterocycles. The maximum atomic E-state index is 12.0. The van der Waals surface area contributed by atoms with Crippen LogP contribution in [0.4, 0.5) is 4.79 Å². The number of nitrogens with one attached hydrogen (secondary N) is 1. The van der Waals surface area contributed by atoms with Gasteiger partial charge in [-0.15, -0.1) is 0 Å². The second-order valence-electron chi connectivity index (χ2n) is 5.19. The molecule has 0 aliphatic carbocycles. The van der Waals surface area contributed by atoms with E-state index in [1.165, 1.54) is 4.90 Å². The Morgan fingerprint density at radius 3 is 2.45 bits per heavy atom. The number of amides is 3. The quantitative estimate of drug-likeness (QED) is 0.534. The first-order valence-electron chi connectivity index (χ1n) is 6.84. The molecule has 0 atom stereocenters. The van der Waals surface area contributed by atoms with Crippen molar-refractivity contribution in [1.82, 2.24) is 15.1 Å². The van der Waals surface area contributed by atoms with Gasteiger partial charge in [0, 0.05) is 13.1 Å². The van der Waals surface area contributed by atoms with Gasteiger partial charge in [0.25, 0.3) is 5.91 Å². The number of esters is 1. The van der Waals surface area contributed by atoms with E-state index in [1.54, 1.807) is 20.8 Å². The Bertz CT molecular complexity index is 395. The van der Waals surface area contributed by atoms with Crippen molar-refractivity contribution in [1.29, 1.82) is 0 Å². The predicted molar refractivity (Wildman–Crippen MR) is 73.1 cm³/mol. The van der Waals surface area contributed by atoms with Crippen LogP contribution >= 0.6 is 0 Å². The zero-order chi connectivity index (χ0) is 15.3. The minimum absolute atomic E-state index is 0.164. The van der Waals surface area contributed by atoms with Gasteiger partial charge in [0.1, 0.15) is 5.54 Å². The van der Waals surface area contributed by atoms with Gasteiger partial charge in [-0.2, -0.15) is 0 Å². The average Bonchev–Trinajstić information content (AvgIpc) is 2.55. The van der Waals surface area contributed by atoms with Crippen LogP contribution < -0.4 is 5.32 Å². The minimum atomic E-state index is -0.852. The average molecular weight is 285 g/mol. The van der Waals surface area contributed by atoms with Crippen molar-refractivity contribution in [2.75, 3.05) is 32.8 Å². The molecule has 0 bridgehead atoms. The lowest BCUT2D eigenvalue weighted by Crippen LogP contribution is -2.42. The van der Waals surface area contributed by atoms with Gasteiger partial charge in [-0.3, -0.25) is 19.4 Å². The standard InChI is InChI=1S/C13H23N3O4/c1-5-15(9-10(17)20-6-2)7-8-16-11(18)13(3,4)14-12(16)19/h5-9H2,1-4H3,(H,14,19). The van der Waals surface area contributed by atoms with Crippen molar-refractivity contribution in [3.63, 3.8) is 0 Å². The fourth-order valence-corrected chi connectivity index (χ4v) is 2.00. The summed E-state index contributed by atoms with van der Waals surface area (Å²) in [6.07, 6.45) is 0. The van der Waals surface area contributed by atoms with Crippen molar-refractivity contribution in [3.8, 4) is 0 Å². The molecule has 0 radical (unpaired) electrons. The summed E-state index contributed by atoms with van der Waals surface area (Å²) in [7, 11) is 0. The monoisotopic (exact) mass is 285 g/mol. The highest BCUT2D eigenvalue weighted by atomic mass is 16.5. The number of rotatable bonds is 7. The summed E-state index contributed by atoms with van der Waals surface area (Å²) < 4.78 is 4.88. The molecule has 0 unspecified atom stereocenters. The van der Waals surface area contributed by atoms with Gasteiger partial charge in [-0.05, 0) is 27.3 Å². The van der Waals surface area contributed by atoms with E-state index in [2.05, 4.69) is 5.32 Å². The highest BCUT2D eigenvalue weighted by molar-refractivity contribution is 6.06. The molecular formula is C13H23N3O4. The molecule has 1 N–H and O–H groups in total. The number of nitrogens with zero attached hydrogens (tertiary/aromatic N) is 2. The zero-order valence-electron chi connectivity index (χ0n) is 12.6. The van der Waals surface area contributed by atoms with Crippen LogP contribution in [0, 0.1) is 0 Å². The smallest absolute Gasteiger partial charge is 0.325 e. The van der Waals surface area contributed by atoms with Gasteiger partial charge in [0.15, 0.2) is 0 Å². The summed E-state index contributed by atoms with van der Waals surface area (Å²) >= 11 is 0. The van der Waals surface area contributed by atoms with Crippen molar-refractivity contribution < 1.29 is 19.1 Å². The molecule has 0 saturated carbocycles. The molecule has 1 saturated heterocycles. The van der Waals surface area contributed by atoms with Gasteiger partial charge in [0.05, 0.1) is 13.2 Å². The van der Waals surface area contributed by atoms with Crippen LogP contribution in [0.25, 0.3) is 0 Å². The normalized spacial score (nSPS) is 17.6. The Hall–Kier alpha value is -1.63. The van der Waals surface area contributed by atoms with E-state index in [-0.39, 0.29) is 31.0 Å². The number of hydrogen-bond acceptors (Lipinski definition) is 5. The third-order valence-electron chi connectivity index (χ3n) is 3.19. The fourth-order valence-electron chi connectivity index (χ4n) is 2.00. The molecule has 1 aliphatic rings. The van der Waals surface area contributed by atoms with Gasteiger partial charge in [-0.25, -0.2) is 4.79 Å². The van der Waals surface area contributed by atoms with Crippen molar-refractivity contribution >= 4 is 17.9 Å². The lowest BCUT2D eigenvalue weighted by Gasteiger charge is -2.22. The van der Waals surface area contributed by atoms with Crippen LogP contribution in [0.5, 0.6) is 0 Å². The van der Waals surface area contributed by atoms with Gasteiger partial charge in [-0.1, -0.05) is 6.92 Å².